The average Bonchev–Trinajstić information content (AvgIpc) is 2.92. The zero-order valence-electron chi connectivity index (χ0n) is 13.2. The van der Waals surface area contributed by atoms with Crippen molar-refractivity contribution in [1.82, 2.24) is 5.32 Å². The normalized spacial score (nSPS) is 11.2. The highest BCUT2D eigenvalue weighted by Gasteiger charge is 2.15. The van der Waals surface area contributed by atoms with Crippen LogP contribution >= 0.6 is 11.3 Å². The van der Waals surface area contributed by atoms with Crippen LogP contribution in [0.4, 0.5) is 10.5 Å². The molecule has 0 radical (unpaired) electrons. The molecule has 0 bridgehead atoms. The van der Waals surface area contributed by atoms with Crippen molar-refractivity contribution < 1.29 is 9.53 Å². The molecular formula is C17H22N2O2S. The summed E-state index contributed by atoms with van der Waals surface area (Å²) in [6.45, 7) is 7.19. The molecular weight excluding hydrogens is 296 g/mol. The van der Waals surface area contributed by atoms with Crippen LogP contribution < -0.4 is 10.6 Å². The highest BCUT2D eigenvalue weighted by molar-refractivity contribution is 7.09. The van der Waals surface area contributed by atoms with E-state index in [0.717, 1.165) is 18.8 Å². The van der Waals surface area contributed by atoms with E-state index in [0.29, 0.717) is 0 Å². The molecule has 0 unspecified atom stereocenters. The third kappa shape index (κ3) is 5.87. The van der Waals surface area contributed by atoms with Gasteiger partial charge >= 0.3 is 6.09 Å². The van der Waals surface area contributed by atoms with Gasteiger partial charge in [0.05, 0.1) is 0 Å². The van der Waals surface area contributed by atoms with Crippen molar-refractivity contribution in [2.24, 2.45) is 0 Å². The largest absolute Gasteiger partial charge is 0.444 e. The molecule has 0 saturated carbocycles. The summed E-state index contributed by atoms with van der Waals surface area (Å²) in [5, 5.41) is 8.20. The number of hydrogen-bond acceptors (Lipinski definition) is 4. The number of anilines is 1. The standard InChI is InChI=1S/C17H22N2O2S/c1-17(2,3)21-16(20)19-14-8-6-13(7-9-14)11-18-12-15-5-4-10-22-15/h4-10,18H,11-12H2,1-3H3,(H,19,20). The SMILES string of the molecule is CC(C)(C)OC(=O)Nc1ccc(CNCc2cccs2)cc1. The van der Waals surface area contributed by atoms with Crippen LogP contribution in [0.15, 0.2) is 41.8 Å². The lowest BCUT2D eigenvalue weighted by molar-refractivity contribution is 0.0636. The zero-order valence-corrected chi connectivity index (χ0v) is 14.0. The maximum absolute atomic E-state index is 11.7. The maximum Gasteiger partial charge on any atom is 0.412 e. The van der Waals surface area contributed by atoms with Crippen molar-refractivity contribution >= 4 is 23.1 Å². The van der Waals surface area contributed by atoms with Gasteiger partial charge in [-0.2, -0.15) is 0 Å². The summed E-state index contributed by atoms with van der Waals surface area (Å²) in [6, 6.07) is 11.9. The molecule has 22 heavy (non-hydrogen) atoms. The molecule has 1 aromatic heterocycles. The molecule has 0 aliphatic heterocycles. The van der Waals surface area contributed by atoms with Crippen LogP contribution in [-0.4, -0.2) is 11.7 Å². The predicted octanol–water partition coefficient (Wildman–Crippen LogP) is 4.38. The highest BCUT2D eigenvalue weighted by atomic mass is 32.1. The quantitative estimate of drug-likeness (QED) is 0.860. The molecule has 1 aromatic carbocycles. The number of nitrogens with one attached hydrogen (secondary N) is 2. The number of ether oxygens (including phenoxy) is 1. The Morgan fingerprint density at radius 2 is 1.86 bits per heavy atom. The smallest absolute Gasteiger partial charge is 0.412 e. The van der Waals surface area contributed by atoms with Gasteiger partial charge in [-0.3, -0.25) is 5.32 Å². The van der Waals surface area contributed by atoms with E-state index in [1.807, 2.05) is 45.0 Å². The van der Waals surface area contributed by atoms with Crippen molar-refractivity contribution in [3.8, 4) is 0 Å². The number of hydrogen-bond donors (Lipinski definition) is 2. The Balaban J connectivity index is 1.78. The van der Waals surface area contributed by atoms with E-state index in [2.05, 4.69) is 28.1 Å². The van der Waals surface area contributed by atoms with Crippen LogP contribution in [0, 0.1) is 0 Å². The van der Waals surface area contributed by atoms with Gasteiger partial charge in [0.15, 0.2) is 0 Å². The number of rotatable bonds is 5. The summed E-state index contributed by atoms with van der Waals surface area (Å²) in [5.41, 5.74) is 1.41. The first-order valence-electron chi connectivity index (χ1n) is 7.24. The van der Waals surface area contributed by atoms with E-state index in [9.17, 15) is 4.79 Å². The molecule has 1 heterocycles. The molecule has 2 N–H and O–H groups in total. The maximum atomic E-state index is 11.7. The summed E-state index contributed by atoms with van der Waals surface area (Å²) in [7, 11) is 0. The summed E-state index contributed by atoms with van der Waals surface area (Å²) < 4.78 is 5.22. The Kier molecular flexibility index (Phi) is 5.57. The monoisotopic (exact) mass is 318 g/mol. The molecule has 0 saturated heterocycles. The Hall–Kier alpha value is -1.85. The van der Waals surface area contributed by atoms with Crippen molar-refractivity contribution in [2.45, 2.75) is 39.5 Å². The summed E-state index contributed by atoms with van der Waals surface area (Å²) >= 11 is 1.75. The first-order valence-corrected chi connectivity index (χ1v) is 8.12. The van der Waals surface area contributed by atoms with Gasteiger partial charge in [-0.25, -0.2) is 4.79 Å². The average molecular weight is 318 g/mol. The Morgan fingerprint density at radius 3 is 2.45 bits per heavy atom. The Labute approximate surface area is 135 Å². The van der Waals surface area contributed by atoms with Crippen molar-refractivity contribution in [2.75, 3.05) is 5.32 Å². The minimum Gasteiger partial charge on any atom is -0.444 e. The first-order chi connectivity index (χ1) is 10.4. The molecule has 1 amide bonds. The third-order valence-electron chi connectivity index (χ3n) is 2.81. The summed E-state index contributed by atoms with van der Waals surface area (Å²) in [5.74, 6) is 0. The molecule has 0 atom stereocenters. The second-order valence-corrected chi connectivity index (χ2v) is 7.04. The van der Waals surface area contributed by atoms with Crippen LogP contribution in [0.25, 0.3) is 0 Å². The summed E-state index contributed by atoms with van der Waals surface area (Å²) in [6.07, 6.45) is -0.434. The molecule has 0 aliphatic rings. The van der Waals surface area contributed by atoms with Gasteiger partial charge in [0.25, 0.3) is 0 Å². The van der Waals surface area contributed by atoms with E-state index in [1.54, 1.807) is 11.3 Å². The topological polar surface area (TPSA) is 50.4 Å². The van der Waals surface area contributed by atoms with E-state index in [1.165, 1.54) is 10.4 Å². The van der Waals surface area contributed by atoms with Crippen LogP contribution in [0.3, 0.4) is 0 Å². The van der Waals surface area contributed by atoms with E-state index >= 15 is 0 Å². The molecule has 0 fully saturated rings. The number of benzene rings is 1. The lowest BCUT2D eigenvalue weighted by atomic mass is 10.2. The van der Waals surface area contributed by atoms with Crippen molar-refractivity contribution in [3.05, 3.63) is 52.2 Å². The van der Waals surface area contributed by atoms with Crippen LogP contribution in [0.5, 0.6) is 0 Å². The van der Waals surface area contributed by atoms with Crippen molar-refractivity contribution in [1.29, 1.82) is 0 Å². The fourth-order valence-corrected chi connectivity index (χ4v) is 2.55. The second-order valence-electron chi connectivity index (χ2n) is 6.01. The molecule has 2 aromatic rings. The molecule has 4 nitrogen and oxygen atoms in total. The number of amides is 1. The summed E-state index contributed by atoms with van der Waals surface area (Å²) in [4.78, 5) is 13.0. The molecule has 2 rings (SSSR count). The van der Waals surface area contributed by atoms with E-state index in [-0.39, 0.29) is 0 Å². The lowest BCUT2D eigenvalue weighted by Gasteiger charge is -2.19. The first kappa shape index (κ1) is 16.5. The lowest BCUT2D eigenvalue weighted by Crippen LogP contribution is -2.27. The second kappa shape index (κ2) is 7.42. The molecule has 5 heteroatoms. The Bertz CT molecular complexity index is 586. The fourth-order valence-electron chi connectivity index (χ4n) is 1.87. The predicted molar refractivity (Wildman–Crippen MR) is 91.2 cm³/mol. The van der Waals surface area contributed by atoms with Gasteiger partial charge < -0.3 is 10.1 Å². The van der Waals surface area contributed by atoms with Crippen LogP contribution in [0.2, 0.25) is 0 Å². The minimum atomic E-state index is -0.490. The molecule has 0 aliphatic carbocycles. The van der Waals surface area contributed by atoms with Crippen LogP contribution in [0.1, 0.15) is 31.2 Å². The zero-order chi connectivity index (χ0) is 16.0. The number of carbonyl (C=O) groups excluding carboxylic acids is 1. The number of thiophene rings is 1. The highest BCUT2D eigenvalue weighted by Crippen LogP contribution is 2.13. The van der Waals surface area contributed by atoms with Gasteiger partial charge in [0.2, 0.25) is 0 Å². The third-order valence-corrected chi connectivity index (χ3v) is 3.68. The van der Waals surface area contributed by atoms with Gasteiger partial charge in [-0.05, 0) is 49.9 Å². The van der Waals surface area contributed by atoms with Gasteiger partial charge in [0, 0.05) is 23.7 Å². The minimum absolute atomic E-state index is 0.434. The van der Waals surface area contributed by atoms with Crippen molar-refractivity contribution in [3.63, 3.8) is 0 Å². The van der Waals surface area contributed by atoms with Gasteiger partial charge in [0.1, 0.15) is 5.60 Å². The molecule has 0 spiro atoms. The number of carbonyl (C=O) groups is 1. The van der Waals surface area contributed by atoms with E-state index in [4.69, 9.17) is 4.74 Å². The fraction of sp³-hybridized carbons (Fsp3) is 0.353. The Morgan fingerprint density at radius 1 is 1.14 bits per heavy atom. The van der Waals surface area contributed by atoms with E-state index < -0.39 is 11.7 Å². The van der Waals surface area contributed by atoms with Gasteiger partial charge in [-0.15, -0.1) is 11.3 Å². The van der Waals surface area contributed by atoms with Crippen LogP contribution in [-0.2, 0) is 17.8 Å². The molecule has 118 valence electrons. The van der Waals surface area contributed by atoms with Gasteiger partial charge in [-0.1, -0.05) is 18.2 Å².